The van der Waals surface area contributed by atoms with Gasteiger partial charge in [-0.25, -0.2) is 0 Å². The molecule has 0 fully saturated rings. The van der Waals surface area contributed by atoms with Crippen molar-refractivity contribution in [3.05, 3.63) is 47.8 Å². The minimum Gasteiger partial charge on any atom is -0.491 e. The van der Waals surface area contributed by atoms with E-state index in [1.807, 2.05) is 51.4 Å². The number of nitrogens with one attached hydrogen (secondary N) is 1. The SMILES string of the molecule is CC(C)Oc1ccc(C(C)NCC(C)(O)c2cnn(C)c2)cc1. The van der Waals surface area contributed by atoms with Crippen molar-refractivity contribution in [2.24, 2.45) is 7.05 Å². The molecule has 2 N–H and O–H groups in total. The van der Waals surface area contributed by atoms with Gasteiger partial charge in [0.05, 0.1) is 12.3 Å². The third-order valence-corrected chi connectivity index (χ3v) is 3.83. The van der Waals surface area contributed by atoms with Crippen molar-refractivity contribution in [2.45, 2.75) is 45.4 Å². The van der Waals surface area contributed by atoms with Crippen LogP contribution in [0.4, 0.5) is 0 Å². The topological polar surface area (TPSA) is 59.3 Å². The summed E-state index contributed by atoms with van der Waals surface area (Å²) in [6.07, 6.45) is 3.71. The fraction of sp³-hybridized carbons (Fsp3) is 0.500. The molecule has 5 nitrogen and oxygen atoms in total. The zero-order valence-electron chi connectivity index (χ0n) is 14.6. The monoisotopic (exact) mass is 317 g/mol. The maximum Gasteiger partial charge on any atom is 0.119 e. The lowest BCUT2D eigenvalue weighted by atomic mass is 9.98. The number of hydrogen-bond acceptors (Lipinski definition) is 4. The molecule has 126 valence electrons. The van der Waals surface area contributed by atoms with Gasteiger partial charge in [-0.15, -0.1) is 0 Å². The number of benzene rings is 1. The molecule has 0 aliphatic heterocycles. The summed E-state index contributed by atoms with van der Waals surface area (Å²) in [4.78, 5) is 0. The van der Waals surface area contributed by atoms with Gasteiger partial charge in [0.2, 0.25) is 0 Å². The van der Waals surface area contributed by atoms with E-state index in [-0.39, 0.29) is 12.1 Å². The molecule has 2 atom stereocenters. The first-order valence-corrected chi connectivity index (χ1v) is 7.99. The Morgan fingerprint density at radius 1 is 1.26 bits per heavy atom. The van der Waals surface area contributed by atoms with Crippen molar-refractivity contribution in [1.82, 2.24) is 15.1 Å². The van der Waals surface area contributed by atoms with E-state index in [0.29, 0.717) is 6.54 Å². The molecule has 2 unspecified atom stereocenters. The lowest BCUT2D eigenvalue weighted by molar-refractivity contribution is 0.0543. The van der Waals surface area contributed by atoms with Gasteiger partial charge < -0.3 is 15.2 Å². The first kappa shape index (κ1) is 17.5. The zero-order valence-corrected chi connectivity index (χ0v) is 14.6. The van der Waals surface area contributed by atoms with Crippen LogP contribution in [0.15, 0.2) is 36.7 Å². The largest absolute Gasteiger partial charge is 0.491 e. The highest BCUT2D eigenvalue weighted by Crippen LogP contribution is 2.22. The standard InChI is InChI=1S/C18H27N3O2/c1-13(2)23-17-8-6-15(7-9-17)14(3)19-12-18(4,22)16-10-20-21(5)11-16/h6-11,13-14,19,22H,12H2,1-5H3. The van der Waals surface area contributed by atoms with Crippen molar-refractivity contribution in [3.63, 3.8) is 0 Å². The van der Waals surface area contributed by atoms with Crippen molar-refractivity contribution in [1.29, 1.82) is 0 Å². The number of rotatable bonds is 7. The molecule has 1 aromatic heterocycles. The van der Waals surface area contributed by atoms with Gasteiger partial charge in [-0.3, -0.25) is 4.68 Å². The summed E-state index contributed by atoms with van der Waals surface area (Å²) in [7, 11) is 1.84. The second-order valence-electron chi connectivity index (χ2n) is 6.51. The fourth-order valence-corrected chi connectivity index (χ4v) is 2.38. The van der Waals surface area contributed by atoms with E-state index >= 15 is 0 Å². The first-order chi connectivity index (χ1) is 10.8. The Kier molecular flexibility index (Phi) is 5.44. The van der Waals surface area contributed by atoms with Crippen LogP contribution in [0.1, 0.15) is 44.9 Å². The molecule has 0 amide bonds. The Morgan fingerprint density at radius 2 is 1.91 bits per heavy atom. The number of aliphatic hydroxyl groups is 1. The van der Waals surface area contributed by atoms with Crippen LogP contribution < -0.4 is 10.1 Å². The second kappa shape index (κ2) is 7.15. The molecule has 0 radical (unpaired) electrons. The third-order valence-electron chi connectivity index (χ3n) is 3.83. The minimum absolute atomic E-state index is 0.131. The van der Waals surface area contributed by atoms with E-state index in [2.05, 4.69) is 17.3 Å². The lowest BCUT2D eigenvalue weighted by Gasteiger charge is -2.25. The summed E-state index contributed by atoms with van der Waals surface area (Å²) in [5.74, 6) is 0.873. The predicted octanol–water partition coefficient (Wildman–Crippen LogP) is 2.77. The Bertz CT molecular complexity index is 617. The van der Waals surface area contributed by atoms with E-state index in [9.17, 15) is 5.11 Å². The molecule has 5 heteroatoms. The Balaban J connectivity index is 1.95. The van der Waals surface area contributed by atoms with Gasteiger partial charge in [-0.05, 0) is 45.4 Å². The van der Waals surface area contributed by atoms with E-state index in [4.69, 9.17) is 4.74 Å². The van der Waals surface area contributed by atoms with Crippen LogP contribution in [0.2, 0.25) is 0 Å². The van der Waals surface area contributed by atoms with E-state index in [1.54, 1.807) is 17.8 Å². The third kappa shape index (κ3) is 4.81. The molecular formula is C18H27N3O2. The van der Waals surface area contributed by atoms with E-state index in [0.717, 1.165) is 16.9 Å². The molecular weight excluding hydrogens is 290 g/mol. The van der Waals surface area contributed by atoms with Crippen LogP contribution in [-0.4, -0.2) is 27.5 Å². The average molecular weight is 317 g/mol. The minimum atomic E-state index is -0.955. The smallest absolute Gasteiger partial charge is 0.119 e. The molecule has 0 spiro atoms. The summed E-state index contributed by atoms with van der Waals surface area (Å²) in [6.45, 7) is 8.35. The molecule has 0 aliphatic carbocycles. The highest BCUT2D eigenvalue weighted by atomic mass is 16.5. The fourth-order valence-electron chi connectivity index (χ4n) is 2.38. The van der Waals surface area contributed by atoms with Crippen LogP contribution in [-0.2, 0) is 12.6 Å². The second-order valence-corrected chi connectivity index (χ2v) is 6.51. The van der Waals surface area contributed by atoms with Gasteiger partial charge in [-0.1, -0.05) is 12.1 Å². The van der Waals surface area contributed by atoms with Crippen LogP contribution in [0.25, 0.3) is 0 Å². The maximum atomic E-state index is 10.6. The Morgan fingerprint density at radius 3 is 2.43 bits per heavy atom. The van der Waals surface area contributed by atoms with Crippen LogP contribution in [0.3, 0.4) is 0 Å². The summed E-state index contributed by atoms with van der Waals surface area (Å²) in [5.41, 5.74) is 1.01. The van der Waals surface area contributed by atoms with E-state index < -0.39 is 5.60 Å². The van der Waals surface area contributed by atoms with Gasteiger partial charge in [0.1, 0.15) is 11.4 Å². The number of aryl methyl sites for hydroxylation is 1. The van der Waals surface area contributed by atoms with Gasteiger partial charge in [0.25, 0.3) is 0 Å². The van der Waals surface area contributed by atoms with Crippen molar-refractivity contribution < 1.29 is 9.84 Å². The normalized spacial score (nSPS) is 15.4. The van der Waals surface area contributed by atoms with Gasteiger partial charge in [0, 0.05) is 31.4 Å². The van der Waals surface area contributed by atoms with E-state index in [1.165, 1.54) is 0 Å². The highest BCUT2D eigenvalue weighted by molar-refractivity contribution is 5.29. The average Bonchev–Trinajstić information content (AvgIpc) is 2.92. The van der Waals surface area contributed by atoms with Gasteiger partial charge >= 0.3 is 0 Å². The summed E-state index contributed by atoms with van der Waals surface area (Å²) >= 11 is 0. The predicted molar refractivity (Wildman–Crippen MR) is 91.4 cm³/mol. The number of hydrogen-bond donors (Lipinski definition) is 2. The van der Waals surface area contributed by atoms with Crippen molar-refractivity contribution >= 4 is 0 Å². The van der Waals surface area contributed by atoms with Crippen molar-refractivity contribution in [2.75, 3.05) is 6.54 Å². The molecule has 2 rings (SSSR count). The number of ether oxygens (including phenoxy) is 1. The summed E-state index contributed by atoms with van der Waals surface area (Å²) in [6, 6.07) is 8.19. The van der Waals surface area contributed by atoms with Gasteiger partial charge in [-0.2, -0.15) is 5.10 Å². The lowest BCUT2D eigenvalue weighted by Crippen LogP contribution is -2.36. The first-order valence-electron chi connectivity index (χ1n) is 7.99. The molecule has 23 heavy (non-hydrogen) atoms. The number of nitrogens with zero attached hydrogens (tertiary/aromatic N) is 2. The molecule has 1 heterocycles. The molecule has 1 aromatic carbocycles. The van der Waals surface area contributed by atoms with Crippen LogP contribution >= 0.6 is 0 Å². The highest BCUT2D eigenvalue weighted by Gasteiger charge is 2.25. The van der Waals surface area contributed by atoms with Crippen LogP contribution in [0, 0.1) is 0 Å². The molecule has 0 aliphatic rings. The molecule has 0 saturated heterocycles. The Labute approximate surface area is 138 Å². The Hall–Kier alpha value is -1.85. The summed E-state index contributed by atoms with van der Waals surface area (Å²) in [5, 5.41) is 18.1. The van der Waals surface area contributed by atoms with Crippen molar-refractivity contribution in [3.8, 4) is 5.75 Å². The van der Waals surface area contributed by atoms with Gasteiger partial charge in [0.15, 0.2) is 0 Å². The molecule has 2 aromatic rings. The molecule has 0 saturated carbocycles. The number of aromatic nitrogens is 2. The maximum absolute atomic E-state index is 10.6. The zero-order chi connectivity index (χ0) is 17.0. The molecule has 0 bridgehead atoms. The quantitative estimate of drug-likeness (QED) is 0.824. The summed E-state index contributed by atoms with van der Waals surface area (Å²) < 4.78 is 7.35. The van der Waals surface area contributed by atoms with Crippen LogP contribution in [0.5, 0.6) is 5.75 Å².